The Labute approximate surface area is 121 Å². The first kappa shape index (κ1) is 14.5. The maximum atomic E-state index is 5.67. The normalized spacial score (nSPS) is 21.2. The van der Waals surface area contributed by atoms with Crippen molar-refractivity contribution in [2.75, 3.05) is 32.8 Å². The molecule has 0 spiro atoms. The van der Waals surface area contributed by atoms with Gasteiger partial charge >= 0.3 is 0 Å². The molecule has 2 N–H and O–H groups in total. The van der Waals surface area contributed by atoms with E-state index in [-0.39, 0.29) is 5.41 Å². The van der Waals surface area contributed by atoms with Crippen LogP contribution < -0.4 is 10.6 Å². The monoisotopic (exact) mass is 332 g/mol. The Kier molecular flexibility index (Phi) is 5.21. The molecule has 5 heteroatoms. The largest absolute Gasteiger partial charge is 0.374 e. The summed E-state index contributed by atoms with van der Waals surface area (Å²) in [6.45, 7) is 9.20. The zero-order chi connectivity index (χ0) is 13.0. The minimum absolute atomic E-state index is 0.165. The number of thiophene rings is 1. The lowest BCUT2D eigenvalue weighted by atomic mass is 9.91. The van der Waals surface area contributed by atoms with Crippen molar-refractivity contribution in [3.05, 3.63) is 20.8 Å². The summed E-state index contributed by atoms with van der Waals surface area (Å²) in [5.41, 5.74) is 0.165. The number of nitrogens with one attached hydrogen (secondary N) is 2. The van der Waals surface area contributed by atoms with Crippen molar-refractivity contribution in [2.45, 2.75) is 25.4 Å². The first-order valence-corrected chi connectivity index (χ1v) is 7.98. The fraction of sp³-hybridized carbons (Fsp3) is 0.692. The van der Waals surface area contributed by atoms with E-state index in [1.807, 2.05) is 11.3 Å². The molecule has 0 radical (unpaired) electrons. The third kappa shape index (κ3) is 4.03. The second-order valence-electron chi connectivity index (χ2n) is 5.32. The van der Waals surface area contributed by atoms with Gasteiger partial charge in [-0.25, -0.2) is 0 Å². The molecular weight excluding hydrogens is 312 g/mol. The van der Waals surface area contributed by atoms with E-state index in [4.69, 9.17) is 4.74 Å². The van der Waals surface area contributed by atoms with E-state index in [1.165, 1.54) is 8.66 Å². The summed E-state index contributed by atoms with van der Waals surface area (Å²) in [6.07, 6.45) is 0.310. The van der Waals surface area contributed by atoms with Crippen molar-refractivity contribution in [3.8, 4) is 0 Å². The molecule has 18 heavy (non-hydrogen) atoms. The number of halogens is 1. The van der Waals surface area contributed by atoms with Crippen molar-refractivity contribution in [2.24, 2.45) is 0 Å². The van der Waals surface area contributed by atoms with Crippen LogP contribution in [0.1, 0.15) is 18.7 Å². The molecule has 102 valence electrons. The average molecular weight is 333 g/mol. The van der Waals surface area contributed by atoms with E-state index in [0.717, 1.165) is 32.8 Å². The smallest absolute Gasteiger partial charge is 0.0824 e. The van der Waals surface area contributed by atoms with Crippen LogP contribution in [0.15, 0.2) is 15.9 Å². The highest BCUT2D eigenvalue weighted by atomic mass is 79.9. The number of ether oxygens (including phenoxy) is 1. The fourth-order valence-electron chi connectivity index (χ4n) is 2.06. The number of hydrogen-bond donors (Lipinski definition) is 2. The van der Waals surface area contributed by atoms with E-state index < -0.39 is 0 Å². The summed E-state index contributed by atoms with van der Waals surface area (Å²) in [6, 6.07) is 4.32. The topological polar surface area (TPSA) is 33.3 Å². The van der Waals surface area contributed by atoms with Crippen molar-refractivity contribution in [3.63, 3.8) is 0 Å². The minimum Gasteiger partial charge on any atom is -0.374 e. The Morgan fingerprint density at radius 2 is 2.39 bits per heavy atom. The maximum absolute atomic E-state index is 5.67. The summed E-state index contributed by atoms with van der Waals surface area (Å²) in [7, 11) is 0. The first-order valence-electron chi connectivity index (χ1n) is 6.37. The molecular formula is C13H21BrN2OS. The Morgan fingerprint density at radius 1 is 1.56 bits per heavy atom. The zero-order valence-electron chi connectivity index (χ0n) is 11.0. The summed E-state index contributed by atoms with van der Waals surface area (Å²) in [5, 5.41) is 6.88. The van der Waals surface area contributed by atoms with Crippen LogP contribution >= 0.6 is 27.3 Å². The molecule has 0 saturated carbocycles. The molecule has 1 fully saturated rings. The number of rotatable bonds is 5. The Bertz CT molecular complexity index is 375. The van der Waals surface area contributed by atoms with Gasteiger partial charge in [0.1, 0.15) is 0 Å². The van der Waals surface area contributed by atoms with Crippen LogP contribution in [-0.4, -0.2) is 38.9 Å². The van der Waals surface area contributed by atoms with Crippen molar-refractivity contribution in [1.82, 2.24) is 10.6 Å². The van der Waals surface area contributed by atoms with E-state index in [2.05, 4.69) is 52.5 Å². The summed E-state index contributed by atoms with van der Waals surface area (Å²) in [4.78, 5) is 1.41. The van der Waals surface area contributed by atoms with Gasteiger partial charge in [0.05, 0.1) is 16.5 Å². The third-order valence-corrected chi connectivity index (χ3v) is 5.17. The van der Waals surface area contributed by atoms with E-state index in [1.54, 1.807) is 0 Å². The predicted octanol–water partition coefficient (Wildman–Crippen LogP) is 2.37. The van der Waals surface area contributed by atoms with Crippen molar-refractivity contribution >= 4 is 27.3 Å². The fourth-order valence-corrected chi connectivity index (χ4v) is 3.55. The molecule has 2 rings (SSSR count). The summed E-state index contributed by atoms with van der Waals surface area (Å²) < 4.78 is 6.87. The van der Waals surface area contributed by atoms with Crippen LogP contribution in [0.2, 0.25) is 0 Å². The average Bonchev–Trinajstić information content (AvgIpc) is 2.78. The summed E-state index contributed by atoms with van der Waals surface area (Å²) >= 11 is 5.34. The number of morpholine rings is 1. The van der Waals surface area contributed by atoms with Crippen LogP contribution in [0.25, 0.3) is 0 Å². The highest BCUT2D eigenvalue weighted by Crippen LogP contribution is 2.32. The Morgan fingerprint density at radius 3 is 3.00 bits per heavy atom. The highest BCUT2D eigenvalue weighted by molar-refractivity contribution is 9.11. The van der Waals surface area contributed by atoms with Gasteiger partial charge in [0.25, 0.3) is 0 Å². The van der Waals surface area contributed by atoms with E-state index in [9.17, 15) is 0 Å². The minimum atomic E-state index is 0.165. The van der Waals surface area contributed by atoms with Crippen LogP contribution in [-0.2, 0) is 10.2 Å². The van der Waals surface area contributed by atoms with Gasteiger partial charge in [-0.15, -0.1) is 11.3 Å². The van der Waals surface area contributed by atoms with E-state index in [0.29, 0.717) is 6.10 Å². The Balaban J connectivity index is 1.78. The molecule has 1 aromatic rings. The molecule has 1 aliphatic rings. The van der Waals surface area contributed by atoms with Gasteiger partial charge in [-0.05, 0) is 28.1 Å². The third-order valence-electron chi connectivity index (χ3n) is 3.18. The van der Waals surface area contributed by atoms with Crippen LogP contribution in [0, 0.1) is 0 Å². The molecule has 0 bridgehead atoms. The quantitative estimate of drug-likeness (QED) is 0.868. The molecule has 0 aliphatic carbocycles. The molecule has 1 atom stereocenters. The molecule has 3 nitrogen and oxygen atoms in total. The van der Waals surface area contributed by atoms with Crippen LogP contribution in [0.3, 0.4) is 0 Å². The Hall–Kier alpha value is 0.0600. The molecule has 0 amide bonds. The lowest BCUT2D eigenvalue weighted by Crippen LogP contribution is -2.45. The van der Waals surface area contributed by atoms with Crippen molar-refractivity contribution < 1.29 is 4.74 Å². The molecule has 1 saturated heterocycles. The van der Waals surface area contributed by atoms with Gasteiger partial charge in [0.15, 0.2) is 0 Å². The van der Waals surface area contributed by atoms with Gasteiger partial charge in [0, 0.05) is 36.5 Å². The lowest BCUT2D eigenvalue weighted by Gasteiger charge is -2.27. The van der Waals surface area contributed by atoms with Gasteiger partial charge < -0.3 is 15.4 Å². The SMILES string of the molecule is CC(C)(CNCC1CNCCO1)c1ccc(Br)s1. The first-order chi connectivity index (χ1) is 8.58. The molecule has 1 unspecified atom stereocenters. The second-order valence-corrected chi connectivity index (χ2v) is 7.78. The van der Waals surface area contributed by atoms with Crippen LogP contribution in [0.5, 0.6) is 0 Å². The maximum Gasteiger partial charge on any atom is 0.0824 e. The van der Waals surface area contributed by atoms with Crippen molar-refractivity contribution in [1.29, 1.82) is 0 Å². The van der Waals surface area contributed by atoms with E-state index >= 15 is 0 Å². The molecule has 2 heterocycles. The standard InChI is InChI=1S/C13H21BrN2OS/c1-13(2,11-3-4-12(14)18-11)9-16-8-10-7-15-5-6-17-10/h3-4,10,15-16H,5-9H2,1-2H3. The second kappa shape index (κ2) is 6.48. The number of hydrogen-bond acceptors (Lipinski definition) is 4. The van der Waals surface area contributed by atoms with Gasteiger partial charge in [-0.3, -0.25) is 0 Å². The van der Waals surface area contributed by atoms with Gasteiger partial charge in [-0.2, -0.15) is 0 Å². The van der Waals surface area contributed by atoms with Gasteiger partial charge in [0.2, 0.25) is 0 Å². The molecule has 0 aromatic carbocycles. The lowest BCUT2D eigenvalue weighted by molar-refractivity contribution is 0.0287. The predicted molar refractivity (Wildman–Crippen MR) is 80.5 cm³/mol. The highest BCUT2D eigenvalue weighted by Gasteiger charge is 2.23. The zero-order valence-corrected chi connectivity index (χ0v) is 13.4. The van der Waals surface area contributed by atoms with Crippen LogP contribution in [0.4, 0.5) is 0 Å². The molecule has 1 aromatic heterocycles. The van der Waals surface area contributed by atoms with Gasteiger partial charge in [-0.1, -0.05) is 13.8 Å². The summed E-state index contributed by atoms with van der Waals surface area (Å²) in [5.74, 6) is 0. The molecule has 1 aliphatic heterocycles.